The number of nitrogens with zero attached hydrogens (tertiary/aromatic N) is 3. The van der Waals surface area contributed by atoms with Crippen molar-refractivity contribution in [3.8, 4) is 0 Å². The molecule has 2 aromatic rings. The highest BCUT2D eigenvalue weighted by atomic mass is 32.2. The lowest BCUT2D eigenvalue weighted by molar-refractivity contribution is -0.132. The number of carbonyl (C=O) groups is 2. The molecule has 144 valence electrons. The lowest BCUT2D eigenvalue weighted by Crippen LogP contribution is -2.44. The van der Waals surface area contributed by atoms with E-state index >= 15 is 0 Å². The minimum absolute atomic E-state index is 0.0513. The molecule has 2 atom stereocenters. The van der Waals surface area contributed by atoms with E-state index in [4.69, 9.17) is 5.73 Å². The van der Waals surface area contributed by atoms with E-state index in [1.54, 1.807) is 22.6 Å². The van der Waals surface area contributed by atoms with E-state index < -0.39 is 0 Å². The molecule has 1 fully saturated rings. The number of hydrogen-bond acceptors (Lipinski definition) is 6. The summed E-state index contributed by atoms with van der Waals surface area (Å²) in [5.41, 5.74) is 6.81. The van der Waals surface area contributed by atoms with Gasteiger partial charge in [0.2, 0.25) is 11.8 Å². The molecule has 0 saturated carbocycles. The maximum Gasteiger partial charge on any atom is 0.233 e. The molecule has 0 radical (unpaired) electrons. The minimum Gasteiger partial charge on any atom is -0.369 e. The number of primary amides is 1. The van der Waals surface area contributed by atoms with Crippen molar-refractivity contribution in [2.75, 3.05) is 18.8 Å². The smallest absolute Gasteiger partial charge is 0.233 e. The summed E-state index contributed by atoms with van der Waals surface area (Å²) in [7, 11) is 0. The molecule has 8 heteroatoms. The van der Waals surface area contributed by atoms with Crippen molar-refractivity contribution in [3.05, 3.63) is 16.8 Å². The average Bonchev–Trinajstić information content (AvgIpc) is 3.04. The van der Waals surface area contributed by atoms with Crippen LogP contribution in [-0.2, 0) is 22.4 Å². The lowest BCUT2D eigenvalue weighted by Gasteiger charge is -2.31. The predicted octanol–water partition coefficient (Wildman–Crippen LogP) is 2.63. The maximum atomic E-state index is 12.7. The Morgan fingerprint density at radius 3 is 3.04 bits per heavy atom. The number of amides is 2. The molecule has 2 aromatic heterocycles. The molecular weight excluding hydrogens is 380 g/mol. The first-order chi connectivity index (χ1) is 13.0. The second-order valence-electron chi connectivity index (χ2n) is 7.58. The Bertz CT molecular complexity index is 882. The number of thiophene rings is 1. The van der Waals surface area contributed by atoms with Gasteiger partial charge >= 0.3 is 0 Å². The first-order valence-electron chi connectivity index (χ1n) is 9.48. The normalized spacial score (nSPS) is 22.6. The van der Waals surface area contributed by atoms with Crippen LogP contribution in [0.15, 0.2) is 11.4 Å². The summed E-state index contributed by atoms with van der Waals surface area (Å²) < 4.78 is 0. The lowest BCUT2D eigenvalue weighted by atomic mass is 9.89. The zero-order chi connectivity index (χ0) is 19.0. The van der Waals surface area contributed by atoms with E-state index in [0.29, 0.717) is 24.8 Å². The Hall–Kier alpha value is -1.67. The number of rotatable bonds is 4. The van der Waals surface area contributed by atoms with E-state index in [9.17, 15) is 9.59 Å². The van der Waals surface area contributed by atoms with Crippen molar-refractivity contribution < 1.29 is 9.59 Å². The molecule has 2 aliphatic rings. The molecule has 0 aromatic carbocycles. The highest BCUT2D eigenvalue weighted by Gasteiger charge is 2.28. The molecular formula is C19H24N4O2S2. The van der Waals surface area contributed by atoms with Gasteiger partial charge in [0.05, 0.1) is 11.7 Å². The highest BCUT2D eigenvalue weighted by molar-refractivity contribution is 8.00. The Morgan fingerprint density at radius 2 is 2.22 bits per heavy atom. The van der Waals surface area contributed by atoms with Gasteiger partial charge < -0.3 is 10.6 Å². The SMILES string of the molecule is C[C@H]1CCc2c(sc3ncnc(SCC(=O)N4CCC[C@H](C(N)=O)C4)c23)C1. The highest BCUT2D eigenvalue weighted by Crippen LogP contribution is 2.40. The topological polar surface area (TPSA) is 89.2 Å². The van der Waals surface area contributed by atoms with Crippen LogP contribution >= 0.6 is 23.1 Å². The van der Waals surface area contributed by atoms with Gasteiger partial charge in [-0.25, -0.2) is 9.97 Å². The number of nitrogens with two attached hydrogens (primary N) is 1. The quantitative estimate of drug-likeness (QED) is 0.625. The summed E-state index contributed by atoms with van der Waals surface area (Å²) in [6, 6.07) is 0. The number of aryl methyl sites for hydroxylation is 1. The summed E-state index contributed by atoms with van der Waals surface area (Å²) in [6.07, 6.45) is 6.58. The Balaban J connectivity index is 1.49. The number of piperidine rings is 1. The van der Waals surface area contributed by atoms with Gasteiger partial charge in [-0.2, -0.15) is 0 Å². The van der Waals surface area contributed by atoms with Gasteiger partial charge in [-0.1, -0.05) is 18.7 Å². The molecule has 6 nitrogen and oxygen atoms in total. The fourth-order valence-electron chi connectivity index (χ4n) is 4.01. The van der Waals surface area contributed by atoms with Crippen LogP contribution in [0.25, 0.3) is 10.2 Å². The van der Waals surface area contributed by atoms with Crippen molar-refractivity contribution in [1.82, 2.24) is 14.9 Å². The van der Waals surface area contributed by atoms with Gasteiger partial charge in [-0.3, -0.25) is 9.59 Å². The van der Waals surface area contributed by atoms with Crippen molar-refractivity contribution >= 4 is 45.1 Å². The fraction of sp³-hybridized carbons (Fsp3) is 0.579. The van der Waals surface area contributed by atoms with E-state index in [1.165, 1.54) is 28.6 Å². The summed E-state index contributed by atoms with van der Waals surface area (Å²) in [5.74, 6) is 0.573. The second kappa shape index (κ2) is 7.75. The summed E-state index contributed by atoms with van der Waals surface area (Å²) >= 11 is 3.26. The van der Waals surface area contributed by atoms with Crippen molar-refractivity contribution in [2.45, 2.75) is 44.1 Å². The zero-order valence-corrected chi connectivity index (χ0v) is 17.1. The van der Waals surface area contributed by atoms with E-state index in [1.807, 2.05) is 0 Å². The molecule has 4 rings (SSSR count). The maximum absolute atomic E-state index is 12.7. The van der Waals surface area contributed by atoms with Crippen molar-refractivity contribution in [1.29, 1.82) is 0 Å². The van der Waals surface area contributed by atoms with E-state index in [0.717, 1.165) is 40.9 Å². The Labute approximate surface area is 166 Å². The standard InChI is InChI=1S/C19H24N4O2S2/c1-11-4-5-13-14(7-11)27-19-16(13)18(21-10-22-19)26-9-15(24)23-6-2-3-12(8-23)17(20)25/h10-12H,2-9H2,1H3,(H2,20,25)/t11-,12-/m0/s1. The molecule has 0 unspecified atom stereocenters. The number of aromatic nitrogens is 2. The van der Waals surface area contributed by atoms with Gasteiger partial charge in [-0.15, -0.1) is 11.3 Å². The van der Waals surface area contributed by atoms with Gasteiger partial charge in [0, 0.05) is 23.4 Å². The number of hydrogen-bond donors (Lipinski definition) is 1. The van der Waals surface area contributed by atoms with E-state index in [2.05, 4.69) is 16.9 Å². The molecule has 2 N–H and O–H groups in total. The molecule has 3 heterocycles. The molecule has 27 heavy (non-hydrogen) atoms. The van der Waals surface area contributed by atoms with Gasteiger partial charge in [0.15, 0.2) is 0 Å². The third kappa shape index (κ3) is 3.82. The number of fused-ring (bicyclic) bond motifs is 3. The van der Waals surface area contributed by atoms with Crippen LogP contribution < -0.4 is 5.73 Å². The third-order valence-corrected chi connectivity index (χ3v) is 7.70. The van der Waals surface area contributed by atoms with Crippen LogP contribution in [0, 0.1) is 11.8 Å². The number of thioether (sulfide) groups is 1. The van der Waals surface area contributed by atoms with E-state index in [-0.39, 0.29) is 17.7 Å². The fourth-order valence-corrected chi connectivity index (χ4v) is 6.36. The predicted molar refractivity (Wildman–Crippen MR) is 108 cm³/mol. The molecule has 0 bridgehead atoms. The molecule has 1 aliphatic heterocycles. The van der Waals surface area contributed by atoms with Crippen LogP contribution in [-0.4, -0.2) is 45.5 Å². The summed E-state index contributed by atoms with van der Waals surface area (Å²) in [6.45, 7) is 3.44. The van der Waals surface area contributed by atoms with Gasteiger partial charge in [-0.05, 0) is 43.6 Å². The molecule has 0 spiro atoms. The van der Waals surface area contributed by atoms with Crippen LogP contribution in [0.2, 0.25) is 0 Å². The monoisotopic (exact) mass is 404 g/mol. The number of likely N-dealkylation sites (tertiary alicyclic amines) is 1. The number of carbonyl (C=O) groups excluding carboxylic acids is 2. The largest absolute Gasteiger partial charge is 0.369 e. The van der Waals surface area contributed by atoms with Crippen molar-refractivity contribution in [2.24, 2.45) is 17.6 Å². The molecule has 1 saturated heterocycles. The van der Waals surface area contributed by atoms with Crippen LogP contribution in [0.1, 0.15) is 36.6 Å². The average molecular weight is 405 g/mol. The Morgan fingerprint density at radius 1 is 1.37 bits per heavy atom. The summed E-state index contributed by atoms with van der Waals surface area (Å²) in [5, 5.41) is 2.06. The van der Waals surface area contributed by atoms with Crippen LogP contribution in [0.4, 0.5) is 0 Å². The Kier molecular flexibility index (Phi) is 5.36. The molecule has 1 aliphatic carbocycles. The van der Waals surface area contributed by atoms with Crippen molar-refractivity contribution in [3.63, 3.8) is 0 Å². The summed E-state index contributed by atoms with van der Waals surface area (Å²) in [4.78, 5) is 37.3. The first-order valence-corrected chi connectivity index (χ1v) is 11.3. The van der Waals surface area contributed by atoms with Gasteiger partial charge in [0.25, 0.3) is 0 Å². The van der Waals surface area contributed by atoms with Gasteiger partial charge in [0.1, 0.15) is 16.2 Å². The van der Waals surface area contributed by atoms with Crippen LogP contribution in [0.3, 0.4) is 0 Å². The van der Waals surface area contributed by atoms with Crippen LogP contribution in [0.5, 0.6) is 0 Å². The minimum atomic E-state index is -0.309. The third-order valence-electron chi connectivity index (χ3n) is 5.57. The second-order valence-corrected chi connectivity index (χ2v) is 9.63. The zero-order valence-electron chi connectivity index (χ0n) is 15.4. The first kappa shape index (κ1) is 18.7. The molecule has 2 amide bonds.